The van der Waals surface area contributed by atoms with E-state index in [-0.39, 0.29) is 9.92 Å². The molecule has 1 N–H and O–H groups in total. The summed E-state index contributed by atoms with van der Waals surface area (Å²) in [5.74, 6) is -1.22. The fourth-order valence-electron chi connectivity index (χ4n) is 1.25. The van der Waals surface area contributed by atoms with Gasteiger partial charge in [0.2, 0.25) is 10.0 Å². The molecule has 94 valence electrons. The molecular weight excluding hydrogens is 266 g/mol. The Morgan fingerprint density at radius 3 is 2.59 bits per heavy atom. The molecular formula is C10H12ClNO4S. The highest BCUT2D eigenvalue weighted by Gasteiger charge is 2.25. The van der Waals surface area contributed by atoms with Crippen molar-refractivity contribution < 1.29 is 18.3 Å². The summed E-state index contributed by atoms with van der Waals surface area (Å²) in [6, 6.07) is 4.56. The SMILES string of the molecule is Cc1ccc(Cl)c(S(=O)(=O)N(C)CC(=O)O)c1. The minimum Gasteiger partial charge on any atom is -0.480 e. The van der Waals surface area contributed by atoms with E-state index < -0.39 is 22.5 Å². The molecule has 0 amide bonds. The first-order valence-corrected chi connectivity index (χ1v) is 6.51. The molecule has 0 saturated heterocycles. The third-order valence-corrected chi connectivity index (χ3v) is 4.42. The summed E-state index contributed by atoms with van der Waals surface area (Å²) in [6.07, 6.45) is 0. The maximum absolute atomic E-state index is 12.0. The Bertz CT molecular complexity index is 541. The van der Waals surface area contributed by atoms with Crippen LogP contribution in [-0.2, 0) is 14.8 Å². The summed E-state index contributed by atoms with van der Waals surface area (Å²) in [7, 11) is -2.67. The number of carboxylic acid groups (broad SMARTS) is 1. The summed E-state index contributed by atoms with van der Waals surface area (Å²) >= 11 is 5.81. The maximum atomic E-state index is 12.0. The van der Waals surface area contributed by atoms with E-state index >= 15 is 0 Å². The molecule has 0 heterocycles. The predicted molar refractivity (Wildman–Crippen MR) is 63.6 cm³/mol. The molecule has 7 heteroatoms. The number of halogens is 1. The van der Waals surface area contributed by atoms with Gasteiger partial charge in [0, 0.05) is 7.05 Å². The van der Waals surface area contributed by atoms with Crippen molar-refractivity contribution in [1.29, 1.82) is 0 Å². The molecule has 1 aromatic carbocycles. The van der Waals surface area contributed by atoms with Gasteiger partial charge in [0.25, 0.3) is 0 Å². The van der Waals surface area contributed by atoms with Crippen LogP contribution in [0.2, 0.25) is 5.02 Å². The molecule has 5 nitrogen and oxygen atoms in total. The number of sulfonamides is 1. The van der Waals surface area contributed by atoms with Gasteiger partial charge in [-0.3, -0.25) is 4.79 Å². The van der Waals surface area contributed by atoms with Crippen LogP contribution in [0, 0.1) is 6.92 Å². The summed E-state index contributed by atoms with van der Waals surface area (Å²) in [5, 5.41) is 8.66. The number of likely N-dealkylation sites (N-methyl/N-ethyl adjacent to an activating group) is 1. The van der Waals surface area contributed by atoms with Crippen molar-refractivity contribution >= 4 is 27.6 Å². The number of hydrogen-bond acceptors (Lipinski definition) is 3. The number of benzene rings is 1. The normalized spacial score (nSPS) is 11.8. The minimum absolute atomic E-state index is 0.0767. The first-order chi connectivity index (χ1) is 7.75. The lowest BCUT2D eigenvalue weighted by molar-refractivity contribution is -0.137. The Morgan fingerprint density at radius 1 is 1.47 bits per heavy atom. The summed E-state index contributed by atoms with van der Waals surface area (Å²) in [4.78, 5) is 10.4. The number of carboxylic acids is 1. The van der Waals surface area contributed by atoms with Gasteiger partial charge in [-0.15, -0.1) is 0 Å². The fourth-order valence-corrected chi connectivity index (χ4v) is 2.93. The van der Waals surface area contributed by atoms with E-state index in [1.807, 2.05) is 0 Å². The van der Waals surface area contributed by atoms with E-state index in [0.717, 1.165) is 9.87 Å². The molecule has 0 aliphatic heterocycles. The Balaban J connectivity index is 3.21. The topological polar surface area (TPSA) is 74.7 Å². The second-order valence-electron chi connectivity index (χ2n) is 3.59. The van der Waals surface area contributed by atoms with Gasteiger partial charge in [-0.2, -0.15) is 4.31 Å². The second kappa shape index (κ2) is 5.03. The Kier molecular flexibility index (Phi) is 4.13. The number of rotatable bonds is 4. The smallest absolute Gasteiger partial charge is 0.318 e. The standard InChI is InChI=1S/C10H12ClNO4S/c1-7-3-4-8(11)9(5-7)17(15,16)12(2)6-10(13)14/h3-5H,6H2,1-2H3,(H,13,14). The molecule has 0 atom stereocenters. The van der Waals surface area contributed by atoms with Gasteiger partial charge in [0.15, 0.2) is 0 Å². The quantitative estimate of drug-likeness (QED) is 0.901. The number of aliphatic carboxylic acids is 1. The van der Waals surface area contributed by atoms with Gasteiger partial charge in [0.1, 0.15) is 11.4 Å². The molecule has 17 heavy (non-hydrogen) atoms. The zero-order valence-corrected chi connectivity index (χ0v) is 10.9. The summed E-state index contributed by atoms with van der Waals surface area (Å²) < 4.78 is 24.8. The van der Waals surface area contributed by atoms with Crippen LogP contribution < -0.4 is 0 Å². The van der Waals surface area contributed by atoms with Crippen molar-refractivity contribution in [3.8, 4) is 0 Å². The van der Waals surface area contributed by atoms with E-state index in [2.05, 4.69) is 0 Å². The fraction of sp³-hybridized carbons (Fsp3) is 0.300. The van der Waals surface area contributed by atoms with Crippen molar-refractivity contribution in [2.45, 2.75) is 11.8 Å². The van der Waals surface area contributed by atoms with Crippen LogP contribution in [0.4, 0.5) is 0 Å². The van der Waals surface area contributed by atoms with Gasteiger partial charge in [-0.05, 0) is 24.6 Å². The number of hydrogen-bond donors (Lipinski definition) is 1. The Labute approximate surface area is 105 Å². The van der Waals surface area contributed by atoms with Gasteiger partial charge >= 0.3 is 5.97 Å². The number of nitrogens with zero attached hydrogens (tertiary/aromatic N) is 1. The molecule has 1 aromatic rings. The monoisotopic (exact) mass is 277 g/mol. The molecule has 0 bridgehead atoms. The van der Waals surface area contributed by atoms with E-state index in [1.165, 1.54) is 19.2 Å². The number of carbonyl (C=O) groups is 1. The molecule has 0 fully saturated rings. The van der Waals surface area contributed by atoms with E-state index in [4.69, 9.17) is 16.7 Å². The van der Waals surface area contributed by atoms with Gasteiger partial charge in [-0.1, -0.05) is 17.7 Å². The molecule has 0 spiro atoms. The third kappa shape index (κ3) is 3.18. The van der Waals surface area contributed by atoms with Crippen LogP contribution in [0.3, 0.4) is 0 Å². The highest BCUT2D eigenvalue weighted by Crippen LogP contribution is 2.24. The average Bonchev–Trinajstić information content (AvgIpc) is 2.20. The first kappa shape index (κ1) is 14.0. The largest absolute Gasteiger partial charge is 0.480 e. The molecule has 0 aromatic heterocycles. The van der Waals surface area contributed by atoms with Gasteiger partial charge in [-0.25, -0.2) is 8.42 Å². The third-order valence-electron chi connectivity index (χ3n) is 2.13. The minimum atomic E-state index is -3.87. The zero-order chi connectivity index (χ0) is 13.2. The van der Waals surface area contributed by atoms with Crippen molar-refractivity contribution in [1.82, 2.24) is 4.31 Å². The van der Waals surface area contributed by atoms with Crippen molar-refractivity contribution in [3.05, 3.63) is 28.8 Å². The molecule has 0 saturated carbocycles. The maximum Gasteiger partial charge on any atom is 0.318 e. The Morgan fingerprint density at radius 2 is 2.06 bits per heavy atom. The summed E-state index contributed by atoms with van der Waals surface area (Å²) in [6.45, 7) is 1.12. The molecule has 0 aliphatic carbocycles. The van der Waals surface area contributed by atoms with Gasteiger partial charge < -0.3 is 5.11 Å². The van der Waals surface area contributed by atoms with E-state index in [1.54, 1.807) is 13.0 Å². The van der Waals surface area contributed by atoms with Crippen LogP contribution in [0.1, 0.15) is 5.56 Å². The lowest BCUT2D eigenvalue weighted by atomic mass is 10.2. The average molecular weight is 278 g/mol. The lowest BCUT2D eigenvalue weighted by Crippen LogP contribution is -2.32. The molecule has 1 rings (SSSR count). The summed E-state index contributed by atoms with van der Waals surface area (Å²) in [5.41, 5.74) is 0.733. The lowest BCUT2D eigenvalue weighted by Gasteiger charge is -2.16. The van der Waals surface area contributed by atoms with Crippen LogP contribution in [-0.4, -0.2) is 37.4 Å². The first-order valence-electron chi connectivity index (χ1n) is 4.69. The van der Waals surface area contributed by atoms with Gasteiger partial charge in [0.05, 0.1) is 5.02 Å². The van der Waals surface area contributed by atoms with Crippen LogP contribution in [0.5, 0.6) is 0 Å². The zero-order valence-electron chi connectivity index (χ0n) is 9.34. The van der Waals surface area contributed by atoms with Crippen molar-refractivity contribution in [3.63, 3.8) is 0 Å². The van der Waals surface area contributed by atoms with Crippen molar-refractivity contribution in [2.75, 3.05) is 13.6 Å². The van der Waals surface area contributed by atoms with Crippen molar-refractivity contribution in [2.24, 2.45) is 0 Å². The highest BCUT2D eigenvalue weighted by molar-refractivity contribution is 7.89. The Hall–Kier alpha value is -1.11. The van der Waals surface area contributed by atoms with Crippen LogP contribution in [0.15, 0.2) is 23.1 Å². The molecule has 0 aliphatic rings. The van der Waals surface area contributed by atoms with Crippen LogP contribution in [0.25, 0.3) is 0 Å². The molecule has 0 unspecified atom stereocenters. The highest BCUT2D eigenvalue weighted by atomic mass is 35.5. The second-order valence-corrected chi connectivity index (χ2v) is 6.01. The van der Waals surface area contributed by atoms with E-state index in [0.29, 0.717) is 0 Å². The van der Waals surface area contributed by atoms with E-state index in [9.17, 15) is 13.2 Å². The number of aryl methyl sites for hydroxylation is 1. The van der Waals surface area contributed by atoms with Crippen LogP contribution >= 0.6 is 11.6 Å². The molecule has 0 radical (unpaired) electrons. The predicted octanol–water partition coefficient (Wildman–Crippen LogP) is 1.35.